The molecule has 0 aliphatic carbocycles. The quantitative estimate of drug-likeness (QED) is 0.228. The standard InChI is InChI=1S/C36H22O/c1-2-7-23(8-3-1)24-15-17-28-25(21-24)13-14-26-22-27(16-18-29(26)28)30-19-20-35-36-32(30)10-6-11-33(36)31-9-4-5-12-34(31)37-35/h1-22H. The van der Waals surface area contributed by atoms with Gasteiger partial charge >= 0.3 is 0 Å². The Morgan fingerprint density at radius 1 is 0.351 bits per heavy atom. The number of hydrogen-bond donors (Lipinski definition) is 0. The Kier molecular flexibility index (Phi) is 4.29. The van der Waals surface area contributed by atoms with Gasteiger partial charge in [-0.05, 0) is 79.0 Å². The van der Waals surface area contributed by atoms with Gasteiger partial charge in [0.25, 0.3) is 0 Å². The highest BCUT2D eigenvalue weighted by molar-refractivity contribution is 6.12. The fourth-order valence-electron chi connectivity index (χ4n) is 5.88. The summed E-state index contributed by atoms with van der Waals surface area (Å²) in [6, 6.07) is 47.9. The van der Waals surface area contributed by atoms with Gasteiger partial charge in [0.1, 0.15) is 11.5 Å². The monoisotopic (exact) mass is 470 g/mol. The van der Waals surface area contributed by atoms with Gasteiger partial charge in [0.15, 0.2) is 0 Å². The largest absolute Gasteiger partial charge is 0.456 e. The van der Waals surface area contributed by atoms with Crippen molar-refractivity contribution in [2.75, 3.05) is 0 Å². The van der Waals surface area contributed by atoms with Gasteiger partial charge in [0.2, 0.25) is 0 Å². The Bertz CT molecular complexity index is 2000. The summed E-state index contributed by atoms with van der Waals surface area (Å²) in [5, 5.41) is 7.48. The highest BCUT2D eigenvalue weighted by Crippen LogP contribution is 2.48. The van der Waals surface area contributed by atoms with E-state index in [2.05, 4.69) is 121 Å². The number of benzene rings is 7. The molecule has 0 bridgehead atoms. The molecular weight excluding hydrogens is 448 g/mol. The summed E-state index contributed by atoms with van der Waals surface area (Å²) in [5.41, 5.74) is 7.32. The number of ether oxygens (including phenoxy) is 1. The summed E-state index contributed by atoms with van der Waals surface area (Å²) in [4.78, 5) is 0. The summed E-state index contributed by atoms with van der Waals surface area (Å²) in [6.45, 7) is 0. The summed E-state index contributed by atoms with van der Waals surface area (Å²) < 4.78 is 6.30. The highest BCUT2D eigenvalue weighted by atomic mass is 16.5. The molecule has 7 aromatic rings. The molecule has 0 spiro atoms. The lowest BCUT2D eigenvalue weighted by Gasteiger charge is -2.22. The smallest absolute Gasteiger partial charge is 0.135 e. The zero-order chi connectivity index (χ0) is 24.3. The van der Waals surface area contributed by atoms with Crippen molar-refractivity contribution in [3.05, 3.63) is 133 Å². The van der Waals surface area contributed by atoms with E-state index in [4.69, 9.17) is 4.74 Å². The summed E-state index contributed by atoms with van der Waals surface area (Å²) in [6.07, 6.45) is 0. The maximum Gasteiger partial charge on any atom is 0.135 e. The topological polar surface area (TPSA) is 9.23 Å². The Morgan fingerprint density at radius 3 is 1.89 bits per heavy atom. The van der Waals surface area contributed by atoms with E-state index >= 15 is 0 Å². The molecule has 1 aliphatic heterocycles. The molecule has 172 valence electrons. The number of hydrogen-bond acceptors (Lipinski definition) is 1. The molecule has 8 rings (SSSR count). The SMILES string of the molecule is c1ccc(-c2ccc3c(ccc4cc(-c5ccc6c7c(cccc57)-c5ccccc5O6)ccc43)c2)cc1. The van der Waals surface area contributed by atoms with E-state index in [9.17, 15) is 0 Å². The lowest BCUT2D eigenvalue weighted by Crippen LogP contribution is -1.97. The van der Waals surface area contributed by atoms with Gasteiger partial charge in [-0.1, -0.05) is 109 Å². The lowest BCUT2D eigenvalue weighted by molar-refractivity contribution is 0.487. The van der Waals surface area contributed by atoms with Crippen LogP contribution in [-0.4, -0.2) is 0 Å². The molecule has 0 unspecified atom stereocenters. The zero-order valence-corrected chi connectivity index (χ0v) is 20.1. The van der Waals surface area contributed by atoms with Crippen LogP contribution in [0.15, 0.2) is 133 Å². The number of fused-ring (bicyclic) bond motifs is 5. The van der Waals surface area contributed by atoms with Crippen LogP contribution in [-0.2, 0) is 0 Å². The molecule has 0 aromatic heterocycles. The van der Waals surface area contributed by atoms with Gasteiger partial charge < -0.3 is 4.74 Å². The van der Waals surface area contributed by atoms with E-state index in [0.717, 1.165) is 17.1 Å². The molecule has 1 heterocycles. The first-order valence-corrected chi connectivity index (χ1v) is 12.7. The summed E-state index contributed by atoms with van der Waals surface area (Å²) in [7, 11) is 0. The van der Waals surface area contributed by atoms with Gasteiger partial charge in [0.05, 0.1) is 0 Å². The van der Waals surface area contributed by atoms with Gasteiger partial charge in [-0.25, -0.2) is 0 Å². The van der Waals surface area contributed by atoms with E-state index in [0.29, 0.717) is 0 Å². The minimum Gasteiger partial charge on any atom is -0.456 e. The van der Waals surface area contributed by atoms with Crippen molar-refractivity contribution in [1.29, 1.82) is 0 Å². The first-order chi connectivity index (χ1) is 18.3. The molecule has 1 heteroatoms. The normalized spacial score (nSPS) is 12.0. The van der Waals surface area contributed by atoms with Crippen molar-refractivity contribution in [2.45, 2.75) is 0 Å². The van der Waals surface area contributed by atoms with E-state index in [1.165, 1.54) is 60.1 Å². The second-order valence-electron chi connectivity index (χ2n) is 9.74. The fraction of sp³-hybridized carbons (Fsp3) is 0. The minimum absolute atomic E-state index is 0.920. The Labute approximate surface area is 215 Å². The third-order valence-electron chi connectivity index (χ3n) is 7.65. The average molecular weight is 471 g/mol. The van der Waals surface area contributed by atoms with Crippen LogP contribution in [0.4, 0.5) is 0 Å². The Morgan fingerprint density at radius 2 is 1.05 bits per heavy atom. The Hall–Kier alpha value is -4.88. The van der Waals surface area contributed by atoms with E-state index in [-0.39, 0.29) is 0 Å². The summed E-state index contributed by atoms with van der Waals surface area (Å²) in [5.74, 6) is 1.84. The predicted molar refractivity (Wildman–Crippen MR) is 155 cm³/mol. The second-order valence-corrected chi connectivity index (χ2v) is 9.74. The molecule has 0 fully saturated rings. The van der Waals surface area contributed by atoms with Gasteiger partial charge in [-0.15, -0.1) is 0 Å². The molecule has 37 heavy (non-hydrogen) atoms. The zero-order valence-electron chi connectivity index (χ0n) is 20.1. The van der Waals surface area contributed by atoms with E-state index in [1.807, 2.05) is 12.1 Å². The van der Waals surface area contributed by atoms with Crippen molar-refractivity contribution in [2.24, 2.45) is 0 Å². The Balaban J connectivity index is 1.28. The van der Waals surface area contributed by atoms with Crippen molar-refractivity contribution >= 4 is 32.3 Å². The minimum atomic E-state index is 0.920. The van der Waals surface area contributed by atoms with Crippen LogP contribution >= 0.6 is 0 Å². The molecular formula is C36H22O. The molecule has 0 radical (unpaired) electrons. The van der Waals surface area contributed by atoms with Crippen LogP contribution in [0.2, 0.25) is 0 Å². The van der Waals surface area contributed by atoms with Crippen LogP contribution in [0.25, 0.3) is 65.7 Å². The van der Waals surface area contributed by atoms with Crippen LogP contribution in [0.3, 0.4) is 0 Å². The molecule has 0 saturated carbocycles. The molecule has 0 N–H and O–H groups in total. The van der Waals surface area contributed by atoms with Crippen molar-refractivity contribution in [3.8, 4) is 44.9 Å². The van der Waals surface area contributed by atoms with Crippen molar-refractivity contribution in [1.82, 2.24) is 0 Å². The molecule has 1 aliphatic rings. The van der Waals surface area contributed by atoms with E-state index < -0.39 is 0 Å². The fourth-order valence-corrected chi connectivity index (χ4v) is 5.88. The molecule has 0 saturated heterocycles. The van der Waals surface area contributed by atoms with Crippen LogP contribution in [0.1, 0.15) is 0 Å². The second kappa shape index (κ2) is 7.81. The number of para-hydroxylation sites is 1. The van der Waals surface area contributed by atoms with Gasteiger partial charge in [-0.3, -0.25) is 0 Å². The molecule has 0 atom stereocenters. The van der Waals surface area contributed by atoms with Crippen LogP contribution < -0.4 is 4.74 Å². The lowest BCUT2D eigenvalue weighted by atomic mass is 9.89. The third-order valence-corrected chi connectivity index (χ3v) is 7.65. The van der Waals surface area contributed by atoms with Crippen molar-refractivity contribution < 1.29 is 4.74 Å². The maximum atomic E-state index is 6.30. The van der Waals surface area contributed by atoms with Gasteiger partial charge in [0, 0.05) is 10.9 Å². The van der Waals surface area contributed by atoms with Gasteiger partial charge in [-0.2, -0.15) is 0 Å². The maximum absolute atomic E-state index is 6.30. The number of rotatable bonds is 2. The predicted octanol–water partition coefficient (Wildman–Crippen LogP) is 10.3. The first kappa shape index (κ1) is 20.3. The first-order valence-electron chi connectivity index (χ1n) is 12.7. The molecule has 7 aromatic carbocycles. The van der Waals surface area contributed by atoms with Crippen LogP contribution in [0.5, 0.6) is 11.5 Å². The average Bonchev–Trinajstić information content (AvgIpc) is 2.97. The summed E-state index contributed by atoms with van der Waals surface area (Å²) >= 11 is 0. The van der Waals surface area contributed by atoms with E-state index in [1.54, 1.807) is 0 Å². The molecule has 1 nitrogen and oxygen atoms in total. The molecule has 0 amide bonds. The highest BCUT2D eigenvalue weighted by Gasteiger charge is 2.21. The van der Waals surface area contributed by atoms with Crippen LogP contribution in [0, 0.1) is 0 Å². The third kappa shape index (κ3) is 3.11. The van der Waals surface area contributed by atoms with Crippen molar-refractivity contribution in [3.63, 3.8) is 0 Å².